The molecule has 0 saturated carbocycles. The van der Waals surface area contributed by atoms with Crippen LogP contribution in [0.3, 0.4) is 0 Å². The van der Waals surface area contributed by atoms with Crippen LogP contribution >= 0.6 is 23.2 Å². The summed E-state index contributed by atoms with van der Waals surface area (Å²) < 4.78 is 5.64. The number of hydrogen-bond acceptors (Lipinski definition) is 3. The number of carbonyl (C=O) groups is 1. The van der Waals surface area contributed by atoms with Gasteiger partial charge in [-0.3, -0.25) is 4.79 Å². The summed E-state index contributed by atoms with van der Waals surface area (Å²) in [7, 11) is 0. The molecule has 0 radical (unpaired) electrons. The molecular weight excluding hydrogens is 297 g/mol. The number of nitriles is 1. The van der Waals surface area contributed by atoms with Gasteiger partial charge < -0.3 is 4.74 Å². The number of nitrogens with zero attached hydrogens (tertiary/aromatic N) is 1. The largest absolute Gasteiger partial charge is 0.455 e. The van der Waals surface area contributed by atoms with E-state index in [1.807, 2.05) is 6.07 Å². The Morgan fingerprint density at radius 3 is 2.50 bits per heavy atom. The van der Waals surface area contributed by atoms with Gasteiger partial charge in [-0.15, -0.1) is 0 Å². The summed E-state index contributed by atoms with van der Waals surface area (Å²) >= 11 is 11.8. The molecule has 0 aliphatic rings. The van der Waals surface area contributed by atoms with E-state index < -0.39 is 0 Å². The normalized spacial score (nSPS) is 9.90. The molecular formula is C15H9Cl2NO2. The van der Waals surface area contributed by atoms with Crippen molar-refractivity contribution in [1.29, 1.82) is 5.26 Å². The molecule has 0 aliphatic carbocycles. The van der Waals surface area contributed by atoms with E-state index in [2.05, 4.69) is 0 Å². The van der Waals surface area contributed by atoms with Gasteiger partial charge in [0.25, 0.3) is 0 Å². The lowest BCUT2D eigenvalue weighted by Gasteiger charge is -2.11. The third kappa shape index (κ3) is 3.11. The predicted octanol–water partition coefficient (Wildman–Crippen LogP) is 4.86. The third-order valence-corrected chi connectivity index (χ3v) is 3.13. The van der Waals surface area contributed by atoms with Crippen molar-refractivity contribution in [2.24, 2.45) is 0 Å². The summed E-state index contributed by atoms with van der Waals surface area (Å²) in [5, 5.41) is 9.73. The van der Waals surface area contributed by atoms with Gasteiger partial charge in [0.15, 0.2) is 5.78 Å². The number of benzene rings is 2. The first-order valence-electron chi connectivity index (χ1n) is 5.69. The molecule has 0 aromatic heterocycles. The Bertz CT molecular complexity index is 720. The van der Waals surface area contributed by atoms with Crippen molar-refractivity contribution in [3.63, 3.8) is 0 Å². The van der Waals surface area contributed by atoms with E-state index in [4.69, 9.17) is 33.2 Å². The maximum Gasteiger partial charge on any atom is 0.163 e. The second-order valence-corrected chi connectivity index (χ2v) is 4.90. The highest BCUT2D eigenvalue weighted by atomic mass is 35.5. The van der Waals surface area contributed by atoms with Gasteiger partial charge in [-0.1, -0.05) is 23.2 Å². The summed E-state index contributed by atoms with van der Waals surface area (Å²) in [6, 6.07) is 11.4. The van der Waals surface area contributed by atoms with Crippen LogP contribution in [0.5, 0.6) is 11.5 Å². The van der Waals surface area contributed by atoms with E-state index in [9.17, 15) is 4.79 Å². The molecule has 3 nitrogen and oxygen atoms in total. The monoisotopic (exact) mass is 305 g/mol. The average molecular weight is 306 g/mol. The molecule has 0 spiro atoms. The van der Waals surface area contributed by atoms with Crippen molar-refractivity contribution in [2.75, 3.05) is 0 Å². The number of ether oxygens (including phenoxy) is 1. The highest BCUT2D eigenvalue weighted by molar-refractivity contribution is 6.35. The summed E-state index contributed by atoms with van der Waals surface area (Å²) in [6.07, 6.45) is 0. The molecule has 100 valence electrons. The minimum absolute atomic E-state index is 0.158. The van der Waals surface area contributed by atoms with Crippen molar-refractivity contribution < 1.29 is 9.53 Å². The molecule has 0 amide bonds. The van der Waals surface area contributed by atoms with Crippen LogP contribution in [0.2, 0.25) is 10.0 Å². The van der Waals surface area contributed by atoms with Gasteiger partial charge >= 0.3 is 0 Å². The smallest absolute Gasteiger partial charge is 0.163 e. The van der Waals surface area contributed by atoms with Gasteiger partial charge in [0.1, 0.15) is 11.5 Å². The molecule has 0 heterocycles. The van der Waals surface area contributed by atoms with Crippen molar-refractivity contribution in [3.8, 4) is 17.6 Å². The Morgan fingerprint density at radius 1 is 1.15 bits per heavy atom. The van der Waals surface area contributed by atoms with Crippen LogP contribution < -0.4 is 4.74 Å². The first kappa shape index (κ1) is 14.4. The molecule has 0 bridgehead atoms. The molecule has 2 aromatic rings. The van der Waals surface area contributed by atoms with Crippen LogP contribution in [0.4, 0.5) is 0 Å². The van der Waals surface area contributed by atoms with Gasteiger partial charge in [-0.25, -0.2) is 0 Å². The number of Topliss-reactive ketones (excluding diaryl/α,β-unsaturated/α-hetero) is 1. The van der Waals surface area contributed by atoms with Crippen LogP contribution in [0.1, 0.15) is 22.8 Å². The summed E-state index contributed by atoms with van der Waals surface area (Å²) in [5.41, 5.74) is 0.783. The van der Waals surface area contributed by atoms with E-state index in [1.165, 1.54) is 13.0 Å². The minimum atomic E-state index is -0.158. The van der Waals surface area contributed by atoms with Crippen molar-refractivity contribution >= 4 is 29.0 Å². The van der Waals surface area contributed by atoms with Gasteiger partial charge in [-0.05, 0) is 43.3 Å². The number of ketones is 1. The van der Waals surface area contributed by atoms with E-state index >= 15 is 0 Å². The second kappa shape index (κ2) is 5.96. The van der Waals surface area contributed by atoms with Gasteiger partial charge in [-0.2, -0.15) is 5.26 Å². The first-order valence-corrected chi connectivity index (χ1v) is 6.45. The van der Waals surface area contributed by atoms with Crippen molar-refractivity contribution in [3.05, 3.63) is 57.6 Å². The number of carbonyl (C=O) groups excluding carboxylic acids is 1. The fourth-order valence-electron chi connectivity index (χ4n) is 1.64. The van der Waals surface area contributed by atoms with Gasteiger partial charge in [0, 0.05) is 5.02 Å². The molecule has 5 heteroatoms. The highest BCUT2D eigenvalue weighted by Gasteiger charge is 2.12. The van der Waals surface area contributed by atoms with E-state index in [1.54, 1.807) is 30.3 Å². The van der Waals surface area contributed by atoms with Gasteiger partial charge in [0.2, 0.25) is 0 Å². The molecule has 20 heavy (non-hydrogen) atoms. The lowest BCUT2D eigenvalue weighted by Crippen LogP contribution is -1.98. The molecule has 0 atom stereocenters. The van der Waals surface area contributed by atoms with Crippen molar-refractivity contribution in [1.82, 2.24) is 0 Å². The number of hydrogen-bond donors (Lipinski definition) is 0. The topological polar surface area (TPSA) is 50.1 Å². The standard InChI is InChI=1S/C15H9Cl2NO2/c1-9(19)12-4-2-10(8-18)6-15(12)20-14-5-3-11(16)7-13(14)17/h2-7H,1H3. The van der Waals surface area contributed by atoms with Crippen molar-refractivity contribution in [2.45, 2.75) is 6.92 Å². The summed E-state index contributed by atoms with van der Waals surface area (Å²) in [5.74, 6) is 0.504. The first-order chi connectivity index (χ1) is 9.51. The Hall–Kier alpha value is -2.02. The number of halogens is 2. The fourth-order valence-corrected chi connectivity index (χ4v) is 2.09. The molecule has 0 unspecified atom stereocenters. The molecule has 2 rings (SSSR count). The van der Waals surface area contributed by atoms with E-state index in [0.29, 0.717) is 32.7 Å². The van der Waals surface area contributed by atoms with E-state index in [-0.39, 0.29) is 5.78 Å². The van der Waals surface area contributed by atoms with Gasteiger partial charge in [0.05, 0.1) is 22.2 Å². The van der Waals surface area contributed by atoms with E-state index in [0.717, 1.165) is 0 Å². The van der Waals surface area contributed by atoms with Crippen LogP contribution in [0.25, 0.3) is 0 Å². The molecule has 0 aliphatic heterocycles. The van der Waals surface area contributed by atoms with Crippen LogP contribution in [0.15, 0.2) is 36.4 Å². The summed E-state index contributed by atoms with van der Waals surface area (Å²) in [4.78, 5) is 11.6. The second-order valence-electron chi connectivity index (χ2n) is 4.06. The zero-order chi connectivity index (χ0) is 14.7. The Labute approximate surface area is 126 Å². The number of rotatable bonds is 3. The maximum atomic E-state index is 11.6. The van der Waals surface area contributed by atoms with Crippen LogP contribution in [-0.2, 0) is 0 Å². The van der Waals surface area contributed by atoms with Crippen LogP contribution in [0, 0.1) is 11.3 Å². The zero-order valence-corrected chi connectivity index (χ0v) is 12.0. The predicted molar refractivity (Wildman–Crippen MR) is 77.7 cm³/mol. The Morgan fingerprint density at radius 2 is 1.90 bits per heavy atom. The maximum absolute atomic E-state index is 11.6. The third-order valence-electron chi connectivity index (χ3n) is 2.60. The Kier molecular flexibility index (Phi) is 4.29. The SMILES string of the molecule is CC(=O)c1ccc(C#N)cc1Oc1ccc(Cl)cc1Cl. The fraction of sp³-hybridized carbons (Fsp3) is 0.0667. The lowest BCUT2D eigenvalue weighted by molar-refractivity contribution is 0.101. The summed E-state index contributed by atoms with van der Waals surface area (Å²) in [6.45, 7) is 1.43. The zero-order valence-electron chi connectivity index (χ0n) is 10.5. The molecule has 0 saturated heterocycles. The van der Waals surface area contributed by atoms with Crippen LogP contribution in [-0.4, -0.2) is 5.78 Å². The highest BCUT2D eigenvalue weighted by Crippen LogP contribution is 2.33. The molecule has 0 N–H and O–H groups in total. The minimum Gasteiger partial charge on any atom is -0.455 e. The lowest BCUT2D eigenvalue weighted by atomic mass is 10.1. The quantitative estimate of drug-likeness (QED) is 0.761. The average Bonchev–Trinajstić information content (AvgIpc) is 2.41. The molecule has 0 fully saturated rings. The Balaban J connectivity index is 2.46. The molecule has 2 aromatic carbocycles.